The Labute approximate surface area is 138 Å². The minimum Gasteiger partial charge on any atom is -0.367 e. The molecule has 3 unspecified atom stereocenters. The number of ketones is 1. The van der Waals surface area contributed by atoms with Crippen molar-refractivity contribution >= 4 is 22.7 Å². The van der Waals surface area contributed by atoms with Gasteiger partial charge in [-0.3, -0.25) is 4.79 Å². The van der Waals surface area contributed by atoms with Gasteiger partial charge in [0.05, 0.1) is 0 Å². The Morgan fingerprint density at radius 1 is 1.25 bits per heavy atom. The lowest BCUT2D eigenvalue weighted by molar-refractivity contribution is -0.181. The molecule has 4 N–H and O–H groups in total. The van der Waals surface area contributed by atoms with Crippen LogP contribution >= 0.6 is 0 Å². The van der Waals surface area contributed by atoms with E-state index in [1.807, 2.05) is 35.9 Å². The predicted molar refractivity (Wildman–Crippen MR) is 86.2 cm³/mol. The van der Waals surface area contributed by atoms with E-state index in [2.05, 4.69) is 10.6 Å². The molecule has 1 saturated heterocycles. The minimum absolute atomic E-state index is 0.0235. The molecule has 2 amide bonds. The van der Waals surface area contributed by atoms with Crippen LogP contribution in [-0.2, 0) is 7.05 Å². The van der Waals surface area contributed by atoms with E-state index in [0.29, 0.717) is 12.0 Å². The fraction of sp³-hybridized carbons (Fsp3) is 0.412. The summed E-state index contributed by atoms with van der Waals surface area (Å²) in [5.74, 6) is -0.551. The number of urea groups is 1. The number of fused-ring (bicyclic) bond motifs is 2. The normalized spacial score (nSPS) is 32.3. The number of amides is 2. The van der Waals surface area contributed by atoms with Crippen molar-refractivity contribution in [2.45, 2.75) is 30.7 Å². The summed E-state index contributed by atoms with van der Waals surface area (Å²) in [5.41, 5.74) is -1.99. The number of aromatic nitrogens is 1. The number of nitrogens with zero attached hydrogens (tertiary/aromatic N) is 1. The third-order valence-corrected chi connectivity index (χ3v) is 5.25. The lowest BCUT2D eigenvalue weighted by Crippen LogP contribution is -2.64. The van der Waals surface area contributed by atoms with Crippen LogP contribution in [0.2, 0.25) is 0 Å². The van der Waals surface area contributed by atoms with Crippen molar-refractivity contribution in [3.05, 3.63) is 36.0 Å². The number of hydrogen-bond donors (Lipinski definition) is 4. The molecule has 7 nitrogen and oxygen atoms in total. The van der Waals surface area contributed by atoms with Gasteiger partial charge >= 0.3 is 6.03 Å². The number of Topliss-reactive ketones (excluding diaryl/α,β-unsaturated/α-hetero) is 1. The summed E-state index contributed by atoms with van der Waals surface area (Å²) in [7, 11) is 1.88. The van der Waals surface area contributed by atoms with Crippen LogP contribution in [0.5, 0.6) is 0 Å². The van der Waals surface area contributed by atoms with Gasteiger partial charge in [0.1, 0.15) is 0 Å². The molecule has 0 radical (unpaired) electrons. The smallest absolute Gasteiger partial charge is 0.319 e. The van der Waals surface area contributed by atoms with E-state index in [1.54, 1.807) is 6.20 Å². The summed E-state index contributed by atoms with van der Waals surface area (Å²) in [6.45, 7) is 0. The van der Waals surface area contributed by atoms with E-state index in [-0.39, 0.29) is 18.6 Å². The Morgan fingerprint density at radius 3 is 2.75 bits per heavy atom. The van der Waals surface area contributed by atoms with E-state index >= 15 is 0 Å². The maximum absolute atomic E-state index is 13.0. The van der Waals surface area contributed by atoms with Gasteiger partial charge in [-0.25, -0.2) is 4.79 Å². The highest BCUT2D eigenvalue weighted by Crippen LogP contribution is 2.41. The first-order valence-electron chi connectivity index (χ1n) is 7.96. The van der Waals surface area contributed by atoms with Crippen LogP contribution in [0.3, 0.4) is 0 Å². The van der Waals surface area contributed by atoms with E-state index in [0.717, 1.165) is 10.9 Å². The molecule has 1 saturated carbocycles. The molecule has 1 aromatic carbocycles. The molecule has 0 bridgehead atoms. The van der Waals surface area contributed by atoms with Crippen molar-refractivity contribution in [3.63, 3.8) is 0 Å². The molecule has 7 heteroatoms. The zero-order valence-corrected chi connectivity index (χ0v) is 13.2. The molecule has 2 heterocycles. The largest absolute Gasteiger partial charge is 0.367 e. The molecule has 3 atom stereocenters. The molecule has 1 aliphatic carbocycles. The van der Waals surface area contributed by atoms with Crippen molar-refractivity contribution in [1.82, 2.24) is 15.2 Å². The summed E-state index contributed by atoms with van der Waals surface area (Å²) in [6, 6.07) is 7.02. The second-order valence-electron chi connectivity index (χ2n) is 6.77. The van der Waals surface area contributed by atoms with Crippen LogP contribution in [0.1, 0.15) is 29.6 Å². The second kappa shape index (κ2) is 4.81. The van der Waals surface area contributed by atoms with Gasteiger partial charge in [-0.05, 0) is 12.5 Å². The summed E-state index contributed by atoms with van der Waals surface area (Å²) in [6.07, 6.45) is 2.28. The van der Waals surface area contributed by atoms with Gasteiger partial charge in [-0.1, -0.05) is 18.2 Å². The average Bonchev–Trinajstić information content (AvgIpc) is 2.99. The first-order chi connectivity index (χ1) is 11.3. The van der Waals surface area contributed by atoms with Gasteiger partial charge in [0.25, 0.3) is 0 Å². The van der Waals surface area contributed by atoms with Crippen LogP contribution in [0.25, 0.3) is 10.9 Å². The SMILES string of the molecule is Cn1cc(C(=O)C2CCC3(O)NC(=O)NC3(O)C2)c2ccccc21. The maximum atomic E-state index is 13.0. The number of aliphatic hydroxyl groups is 2. The highest BCUT2D eigenvalue weighted by atomic mass is 16.4. The molecule has 4 rings (SSSR count). The Morgan fingerprint density at radius 2 is 1.96 bits per heavy atom. The van der Waals surface area contributed by atoms with Crippen molar-refractivity contribution in [3.8, 4) is 0 Å². The number of rotatable bonds is 2. The summed E-state index contributed by atoms with van der Waals surface area (Å²) in [4.78, 5) is 24.5. The number of carbonyl (C=O) groups is 2. The van der Waals surface area contributed by atoms with Crippen LogP contribution in [-0.4, -0.2) is 38.0 Å². The van der Waals surface area contributed by atoms with Gasteiger partial charge in [0.15, 0.2) is 17.2 Å². The molecule has 1 aliphatic heterocycles. The topological polar surface area (TPSA) is 104 Å². The van der Waals surface area contributed by atoms with Crippen molar-refractivity contribution in [2.24, 2.45) is 13.0 Å². The third-order valence-electron chi connectivity index (χ3n) is 5.25. The first kappa shape index (κ1) is 15.2. The van der Waals surface area contributed by atoms with Gasteiger partial charge in [-0.15, -0.1) is 0 Å². The van der Waals surface area contributed by atoms with Gasteiger partial charge in [0, 0.05) is 48.5 Å². The van der Waals surface area contributed by atoms with E-state index in [9.17, 15) is 19.8 Å². The molecule has 2 aliphatic rings. The zero-order chi connectivity index (χ0) is 17.1. The quantitative estimate of drug-likeness (QED) is 0.613. The Bertz CT molecular complexity index is 861. The van der Waals surface area contributed by atoms with Gasteiger partial charge in [-0.2, -0.15) is 0 Å². The standard InChI is InChI=1S/C17H19N3O4/c1-20-9-12(11-4-2-3-5-13(11)20)14(21)10-6-7-16(23)17(24,8-10)19-15(22)18-16/h2-5,9-10,23-24H,6-8H2,1H3,(H2,18,19,22). The number of nitrogens with one attached hydrogen (secondary N) is 2. The van der Waals surface area contributed by atoms with E-state index in [1.165, 1.54) is 0 Å². The van der Waals surface area contributed by atoms with Crippen LogP contribution in [0.4, 0.5) is 4.79 Å². The van der Waals surface area contributed by atoms with Crippen molar-refractivity contribution in [1.29, 1.82) is 0 Å². The zero-order valence-electron chi connectivity index (χ0n) is 13.2. The molecular formula is C17H19N3O4. The third kappa shape index (κ3) is 1.98. The fourth-order valence-electron chi connectivity index (χ4n) is 3.93. The molecule has 0 spiro atoms. The fourth-order valence-corrected chi connectivity index (χ4v) is 3.93. The highest BCUT2D eigenvalue weighted by Gasteiger charge is 2.60. The average molecular weight is 329 g/mol. The molecule has 2 aromatic rings. The molecule has 1 aromatic heterocycles. The monoisotopic (exact) mass is 329 g/mol. The van der Waals surface area contributed by atoms with Crippen molar-refractivity contribution in [2.75, 3.05) is 0 Å². The van der Waals surface area contributed by atoms with Crippen LogP contribution in [0, 0.1) is 5.92 Å². The summed E-state index contributed by atoms with van der Waals surface area (Å²) in [5, 5.41) is 26.6. The summed E-state index contributed by atoms with van der Waals surface area (Å²) < 4.78 is 1.90. The lowest BCUT2D eigenvalue weighted by Gasteiger charge is -2.42. The van der Waals surface area contributed by atoms with Crippen molar-refractivity contribution < 1.29 is 19.8 Å². The Kier molecular flexibility index (Phi) is 3.04. The summed E-state index contributed by atoms with van der Waals surface area (Å²) >= 11 is 0. The number of aryl methyl sites for hydroxylation is 1. The number of para-hydroxylation sites is 1. The van der Waals surface area contributed by atoms with E-state index < -0.39 is 23.4 Å². The Hall–Kier alpha value is -2.38. The Balaban J connectivity index is 1.67. The van der Waals surface area contributed by atoms with Gasteiger partial charge in [0.2, 0.25) is 0 Å². The first-order valence-corrected chi connectivity index (χ1v) is 7.96. The van der Waals surface area contributed by atoms with E-state index in [4.69, 9.17) is 0 Å². The molecule has 126 valence electrons. The number of benzene rings is 1. The van der Waals surface area contributed by atoms with Crippen LogP contribution in [0.15, 0.2) is 30.5 Å². The predicted octanol–water partition coefficient (Wildman–Crippen LogP) is 0.851. The lowest BCUT2D eigenvalue weighted by atomic mass is 9.75. The highest BCUT2D eigenvalue weighted by molar-refractivity contribution is 6.09. The second-order valence-corrected chi connectivity index (χ2v) is 6.77. The number of hydrogen-bond acceptors (Lipinski definition) is 4. The van der Waals surface area contributed by atoms with Gasteiger partial charge < -0.3 is 25.4 Å². The molecular weight excluding hydrogens is 310 g/mol. The maximum Gasteiger partial charge on any atom is 0.319 e. The minimum atomic E-state index is -1.83. The number of carbonyl (C=O) groups excluding carboxylic acids is 2. The van der Waals surface area contributed by atoms with Crippen LogP contribution < -0.4 is 10.6 Å². The molecule has 24 heavy (non-hydrogen) atoms. The molecule has 2 fully saturated rings.